The standard InChI is InChI=1S/2C5H5BrS.CH4.B/c2*1-4-2-7-3-5(4)6;;/h2*2-3H,1H3;1H4;. The molecule has 0 aliphatic carbocycles. The van der Waals surface area contributed by atoms with Crippen LogP contribution in [0.5, 0.6) is 0 Å². The highest BCUT2D eigenvalue weighted by Gasteiger charge is 1.89. The second kappa shape index (κ2) is 9.45. The van der Waals surface area contributed by atoms with Crippen molar-refractivity contribution in [2.45, 2.75) is 21.3 Å². The predicted octanol–water partition coefficient (Wildman–Crippen LogP) is 5.89. The van der Waals surface area contributed by atoms with Crippen molar-refractivity contribution in [3.05, 3.63) is 41.6 Å². The van der Waals surface area contributed by atoms with Gasteiger partial charge in [0.05, 0.1) is 0 Å². The first kappa shape index (κ1) is 18.8. The fourth-order valence-corrected chi connectivity index (χ4v) is 3.28. The van der Waals surface area contributed by atoms with E-state index in [9.17, 15) is 0 Å². The zero-order chi connectivity index (χ0) is 10.6. The minimum absolute atomic E-state index is 0. The molecule has 2 rings (SSSR count). The summed E-state index contributed by atoms with van der Waals surface area (Å²) in [6.45, 7) is 4.17. The molecule has 0 fully saturated rings. The average molecular weight is 381 g/mol. The number of rotatable bonds is 0. The fraction of sp³-hybridized carbons (Fsp3) is 0.273. The molecule has 3 radical (unpaired) electrons. The first-order valence-electron chi connectivity index (χ1n) is 3.98. The van der Waals surface area contributed by atoms with E-state index < -0.39 is 0 Å². The molecular formula is C11H14BBr2S2. The van der Waals surface area contributed by atoms with Crippen LogP contribution in [0.2, 0.25) is 0 Å². The normalized spacial score (nSPS) is 8.25. The first-order valence-corrected chi connectivity index (χ1v) is 7.45. The third-order valence-electron chi connectivity index (χ3n) is 1.59. The Morgan fingerprint density at radius 1 is 0.812 bits per heavy atom. The highest BCUT2D eigenvalue weighted by molar-refractivity contribution is 9.10. The molecule has 0 saturated heterocycles. The Morgan fingerprint density at radius 3 is 1.19 bits per heavy atom. The van der Waals surface area contributed by atoms with Crippen LogP contribution < -0.4 is 0 Å². The predicted molar refractivity (Wildman–Crippen MR) is 86.0 cm³/mol. The van der Waals surface area contributed by atoms with Crippen molar-refractivity contribution in [3.63, 3.8) is 0 Å². The third-order valence-corrected chi connectivity index (χ3v) is 5.62. The molecule has 0 spiro atoms. The summed E-state index contributed by atoms with van der Waals surface area (Å²) >= 11 is 10.2. The summed E-state index contributed by atoms with van der Waals surface area (Å²) in [4.78, 5) is 0. The Bertz CT molecular complexity index is 325. The SMILES string of the molecule is C.Cc1cscc1Br.Cc1cscc1Br.[B]. The average Bonchev–Trinajstić information content (AvgIpc) is 2.67. The van der Waals surface area contributed by atoms with Crippen LogP contribution >= 0.6 is 54.5 Å². The van der Waals surface area contributed by atoms with Gasteiger partial charge in [-0.1, -0.05) is 7.43 Å². The largest absolute Gasteiger partial charge is 0.151 e. The molecule has 0 amide bonds. The molecule has 0 N–H and O–H groups in total. The van der Waals surface area contributed by atoms with Crippen molar-refractivity contribution in [2.75, 3.05) is 0 Å². The molecule has 2 aromatic heterocycles. The van der Waals surface area contributed by atoms with Crippen molar-refractivity contribution in [3.8, 4) is 0 Å². The maximum Gasteiger partial charge on any atom is 0.0311 e. The lowest BCUT2D eigenvalue weighted by atomic mass is 10.4. The van der Waals surface area contributed by atoms with Crippen LogP contribution in [-0.2, 0) is 0 Å². The zero-order valence-electron chi connectivity index (χ0n) is 8.46. The topological polar surface area (TPSA) is 0 Å². The highest BCUT2D eigenvalue weighted by Crippen LogP contribution is 2.19. The van der Waals surface area contributed by atoms with Crippen LogP contribution in [0.1, 0.15) is 18.6 Å². The van der Waals surface area contributed by atoms with Gasteiger partial charge in [-0.3, -0.25) is 0 Å². The molecular weight excluding hydrogens is 367 g/mol. The van der Waals surface area contributed by atoms with Crippen LogP contribution in [0.15, 0.2) is 30.5 Å². The van der Waals surface area contributed by atoms with E-state index in [1.165, 1.54) is 20.1 Å². The van der Waals surface area contributed by atoms with Gasteiger partial charge < -0.3 is 0 Å². The van der Waals surface area contributed by atoms with E-state index in [1.54, 1.807) is 22.7 Å². The summed E-state index contributed by atoms with van der Waals surface area (Å²) in [6, 6.07) is 0. The summed E-state index contributed by atoms with van der Waals surface area (Å²) in [6.07, 6.45) is 0. The van der Waals surface area contributed by atoms with E-state index in [2.05, 4.69) is 67.2 Å². The minimum Gasteiger partial charge on any atom is -0.151 e. The Kier molecular flexibility index (Phi) is 11.1. The summed E-state index contributed by atoms with van der Waals surface area (Å²) in [5.41, 5.74) is 2.65. The van der Waals surface area contributed by atoms with Gasteiger partial charge in [-0.05, 0) is 67.6 Å². The molecule has 16 heavy (non-hydrogen) atoms. The maximum atomic E-state index is 3.38. The van der Waals surface area contributed by atoms with Crippen molar-refractivity contribution < 1.29 is 0 Å². The van der Waals surface area contributed by atoms with E-state index in [4.69, 9.17) is 0 Å². The Labute approximate surface area is 125 Å². The van der Waals surface area contributed by atoms with Gasteiger partial charge in [0.2, 0.25) is 0 Å². The van der Waals surface area contributed by atoms with E-state index in [0.29, 0.717) is 0 Å². The smallest absolute Gasteiger partial charge is 0.0311 e. The van der Waals surface area contributed by atoms with Gasteiger partial charge in [0.25, 0.3) is 0 Å². The van der Waals surface area contributed by atoms with Crippen LogP contribution in [0, 0.1) is 13.8 Å². The van der Waals surface area contributed by atoms with Gasteiger partial charge >= 0.3 is 0 Å². The van der Waals surface area contributed by atoms with Crippen LogP contribution in [0.4, 0.5) is 0 Å². The molecule has 2 aromatic rings. The molecule has 0 bridgehead atoms. The van der Waals surface area contributed by atoms with E-state index >= 15 is 0 Å². The van der Waals surface area contributed by atoms with Crippen molar-refractivity contribution in [2.24, 2.45) is 0 Å². The number of halogens is 2. The van der Waals surface area contributed by atoms with Gasteiger partial charge in [-0.15, -0.1) is 0 Å². The van der Waals surface area contributed by atoms with E-state index in [-0.39, 0.29) is 15.8 Å². The van der Waals surface area contributed by atoms with Gasteiger partial charge in [0.1, 0.15) is 0 Å². The van der Waals surface area contributed by atoms with Crippen LogP contribution in [0.3, 0.4) is 0 Å². The monoisotopic (exact) mass is 379 g/mol. The van der Waals surface area contributed by atoms with Crippen LogP contribution in [0.25, 0.3) is 0 Å². The Hall–Kier alpha value is 0.425. The van der Waals surface area contributed by atoms with Gasteiger partial charge in [-0.2, -0.15) is 22.7 Å². The number of hydrogen-bond donors (Lipinski definition) is 0. The molecule has 0 atom stereocenters. The molecule has 0 unspecified atom stereocenters. The zero-order valence-corrected chi connectivity index (χ0v) is 13.3. The maximum absolute atomic E-state index is 3.38. The third kappa shape index (κ3) is 6.23. The molecule has 0 aromatic carbocycles. The number of hydrogen-bond acceptors (Lipinski definition) is 2. The summed E-state index contributed by atoms with van der Waals surface area (Å²) in [7, 11) is 0. The molecule has 5 heteroatoms. The van der Waals surface area contributed by atoms with Crippen molar-refractivity contribution in [1.82, 2.24) is 0 Å². The Balaban J connectivity index is 0. The van der Waals surface area contributed by atoms with Crippen molar-refractivity contribution in [1.29, 1.82) is 0 Å². The first-order chi connectivity index (χ1) is 6.61. The fourth-order valence-electron chi connectivity index (χ4n) is 0.690. The Morgan fingerprint density at radius 2 is 1.12 bits per heavy atom. The number of thiophene rings is 2. The van der Waals surface area contributed by atoms with Crippen molar-refractivity contribution >= 4 is 62.9 Å². The quantitative estimate of drug-likeness (QED) is 0.499. The number of aryl methyl sites for hydroxylation is 2. The molecule has 0 aliphatic rings. The highest BCUT2D eigenvalue weighted by atomic mass is 79.9. The molecule has 0 nitrogen and oxygen atoms in total. The summed E-state index contributed by atoms with van der Waals surface area (Å²) in [5, 5.41) is 8.39. The van der Waals surface area contributed by atoms with Gasteiger partial charge in [-0.25, -0.2) is 0 Å². The van der Waals surface area contributed by atoms with E-state index in [1.807, 2.05) is 0 Å². The van der Waals surface area contributed by atoms with E-state index in [0.717, 1.165) is 0 Å². The summed E-state index contributed by atoms with van der Waals surface area (Å²) in [5.74, 6) is 0. The van der Waals surface area contributed by atoms with Gasteiger partial charge in [0, 0.05) is 28.1 Å². The molecule has 87 valence electrons. The summed E-state index contributed by atoms with van der Waals surface area (Å²) < 4.78 is 2.44. The second-order valence-corrected chi connectivity index (χ2v) is 6.00. The lowest BCUT2D eigenvalue weighted by Crippen LogP contribution is -1.56. The lowest BCUT2D eigenvalue weighted by molar-refractivity contribution is 1.52. The second-order valence-electron chi connectivity index (χ2n) is 2.81. The molecule has 0 saturated carbocycles. The lowest BCUT2D eigenvalue weighted by Gasteiger charge is -1.77. The molecule has 0 aliphatic heterocycles. The molecule has 2 heterocycles. The minimum atomic E-state index is 0. The van der Waals surface area contributed by atoms with Crippen LogP contribution in [-0.4, -0.2) is 8.41 Å². The van der Waals surface area contributed by atoms with Gasteiger partial charge in [0.15, 0.2) is 0 Å².